The van der Waals surface area contributed by atoms with Crippen LogP contribution in [0.25, 0.3) is 11.4 Å². The average molecular weight is 513 g/mol. The first-order valence-electron chi connectivity index (χ1n) is 11.9. The van der Waals surface area contributed by atoms with Gasteiger partial charge >= 0.3 is 0 Å². The summed E-state index contributed by atoms with van der Waals surface area (Å²) < 4.78 is 16.8. The number of pyridine rings is 2. The van der Waals surface area contributed by atoms with Gasteiger partial charge in [-0.3, -0.25) is 19.6 Å². The quantitative estimate of drug-likeness (QED) is 0.285. The number of carbonyl (C=O) groups excluding carboxylic acids is 1. The zero-order valence-corrected chi connectivity index (χ0v) is 21.0. The van der Waals surface area contributed by atoms with Crippen LogP contribution in [0.2, 0.25) is 0 Å². The van der Waals surface area contributed by atoms with Crippen LogP contribution in [0.5, 0.6) is 0 Å². The van der Waals surface area contributed by atoms with Crippen LogP contribution in [0.4, 0.5) is 16.0 Å². The van der Waals surface area contributed by atoms with E-state index < -0.39 is 17.8 Å². The lowest BCUT2D eigenvalue weighted by atomic mass is 10.1. The molecule has 1 atom stereocenters. The van der Waals surface area contributed by atoms with Crippen molar-refractivity contribution in [2.75, 3.05) is 5.32 Å². The van der Waals surface area contributed by atoms with Crippen LogP contribution in [0.3, 0.4) is 0 Å². The van der Waals surface area contributed by atoms with Crippen molar-refractivity contribution >= 4 is 17.5 Å². The smallest absolute Gasteiger partial charge is 0.273 e. The Balaban J connectivity index is 1.27. The number of aromatic nitrogens is 8. The van der Waals surface area contributed by atoms with Crippen LogP contribution >= 0.6 is 0 Å². The van der Waals surface area contributed by atoms with Crippen LogP contribution in [0, 0.1) is 19.7 Å². The van der Waals surface area contributed by atoms with Gasteiger partial charge in [-0.15, -0.1) is 0 Å². The molecule has 3 N–H and O–H groups in total. The van der Waals surface area contributed by atoms with Gasteiger partial charge < -0.3 is 10.6 Å². The molecule has 5 aromatic rings. The second kappa shape index (κ2) is 10.5. The zero-order chi connectivity index (χ0) is 26.6. The Morgan fingerprint density at radius 1 is 1.11 bits per heavy atom. The molecule has 0 saturated heterocycles. The van der Waals surface area contributed by atoms with E-state index in [0.717, 1.165) is 17.0 Å². The molecule has 0 aromatic carbocycles. The molecule has 5 rings (SSSR count). The summed E-state index contributed by atoms with van der Waals surface area (Å²) in [6.07, 6.45) is 6.62. The molecule has 12 heteroatoms. The number of rotatable bonds is 8. The first-order valence-corrected chi connectivity index (χ1v) is 11.9. The minimum atomic E-state index is -0.776. The lowest BCUT2D eigenvalue weighted by Gasteiger charge is -2.15. The van der Waals surface area contributed by atoms with Gasteiger partial charge in [-0.2, -0.15) is 10.2 Å². The molecule has 5 aromatic heterocycles. The first kappa shape index (κ1) is 24.7. The molecule has 1 unspecified atom stereocenters. The fraction of sp³-hybridized carbons (Fsp3) is 0.192. The van der Waals surface area contributed by atoms with E-state index in [2.05, 4.69) is 45.9 Å². The lowest BCUT2D eigenvalue weighted by Crippen LogP contribution is -2.28. The van der Waals surface area contributed by atoms with Crippen molar-refractivity contribution in [1.82, 2.24) is 45.2 Å². The van der Waals surface area contributed by atoms with Crippen LogP contribution < -0.4 is 10.6 Å². The van der Waals surface area contributed by atoms with E-state index in [-0.39, 0.29) is 11.5 Å². The summed E-state index contributed by atoms with van der Waals surface area (Å²) in [5.41, 5.74) is 3.20. The predicted molar refractivity (Wildman–Crippen MR) is 138 cm³/mol. The number of nitrogens with zero attached hydrogens (tertiary/aromatic N) is 7. The molecule has 5 heterocycles. The highest BCUT2D eigenvalue weighted by Gasteiger charge is 2.19. The summed E-state index contributed by atoms with van der Waals surface area (Å²) in [5, 5.41) is 17.0. The maximum atomic E-state index is 15.0. The number of hydrogen-bond acceptors (Lipinski definition) is 8. The molecule has 0 aliphatic heterocycles. The van der Waals surface area contributed by atoms with Gasteiger partial charge in [0.1, 0.15) is 5.82 Å². The van der Waals surface area contributed by atoms with Gasteiger partial charge in [0.05, 0.1) is 18.3 Å². The highest BCUT2D eigenvalue weighted by atomic mass is 19.1. The molecule has 38 heavy (non-hydrogen) atoms. The van der Waals surface area contributed by atoms with Crippen LogP contribution in [-0.4, -0.2) is 45.8 Å². The highest BCUT2D eigenvalue weighted by Crippen LogP contribution is 2.22. The van der Waals surface area contributed by atoms with Crippen molar-refractivity contribution in [2.24, 2.45) is 0 Å². The van der Waals surface area contributed by atoms with Gasteiger partial charge in [-0.1, -0.05) is 6.07 Å². The number of aromatic amines is 1. The van der Waals surface area contributed by atoms with E-state index in [1.165, 1.54) is 12.3 Å². The number of carbonyl (C=O) groups is 1. The summed E-state index contributed by atoms with van der Waals surface area (Å²) in [6, 6.07) is 9.96. The largest absolute Gasteiger partial charge is 0.344 e. The number of aryl methyl sites for hydroxylation is 2. The van der Waals surface area contributed by atoms with Crippen LogP contribution in [-0.2, 0) is 6.54 Å². The molecule has 0 radical (unpaired) electrons. The minimum Gasteiger partial charge on any atom is -0.344 e. The fourth-order valence-electron chi connectivity index (χ4n) is 3.80. The van der Waals surface area contributed by atoms with Crippen molar-refractivity contribution < 1.29 is 9.18 Å². The average Bonchev–Trinajstić information content (AvgIpc) is 3.55. The van der Waals surface area contributed by atoms with E-state index in [4.69, 9.17) is 0 Å². The van der Waals surface area contributed by atoms with E-state index in [1.807, 2.05) is 37.4 Å². The Bertz CT molecular complexity index is 1560. The van der Waals surface area contributed by atoms with Gasteiger partial charge in [0.2, 0.25) is 0 Å². The van der Waals surface area contributed by atoms with Crippen molar-refractivity contribution in [3.05, 3.63) is 95.3 Å². The van der Waals surface area contributed by atoms with E-state index in [9.17, 15) is 9.18 Å². The molecule has 0 aliphatic rings. The maximum absolute atomic E-state index is 15.0. The number of anilines is 2. The zero-order valence-electron chi connectivity index (χ0n) is 21.0. The summed E-state index contributed by atoms with van der Waals surface area (Å²) in [7, 11) is 0. The van der Waals surface area contributed by atoms with Crippen LogP contribution in [0.1, 0.15) is 46.1 Å². The maximum Gasteiger partial charge on any atom is 0.273 e. The number of nitrogens with one attached hydrogen (secondary N) is 3. The summed E-state index contributed by atoms with van der Waals surface area (Å²) >= 11 is 0. The van der Waals surface area contributed by atoms with Crippen molar-refractivity contribution in [2.45, 2.75) is 33.4 Å². The van der Waals surface area contributed by atoms with Gasteiger partial charge in [-0.05, 0) is 44.5 Å². The second-order valence-corrected chi connectivity index (χ2v) is 8.82. The topological polar surface area (TPSA) is 139 Å². The molecular formula is C26H25FN10O. The Hall–Kier alpha value is -5.00. The Kier molecular flexibility index (Phi) is 6.85. The summed E-state index contributed by atoms with van der Waals surface area (Å²) in [5.74, 6) is -0.0437. The second-order valence-electron chi connectivity index (χ2n) is 8.82. The number of H-pyrrole nitrogens is 1. The van der Waals surface area contributed by atoms with Gasteiger partial charge in [-0.25, -0.2) is 19.3 Å². The Morgan fingerprint density at radius 2 is 1.97 bits per heavy atom. The summed E-state index contributed by atoms with van der Waals surface area (Å²) in [6.45, 7) is 6.03. The van der Waals surface area contributed by atoms with E-state index in [1.54, 1.807) is 37.0 Å². The predicted octanol–water partition coefficient (Wildman–Crippen LogP) is 3.89. The molecule has 1 amide bonds. The van der Waals surface area contributed by atoms with Crippen molar-refractivity contribution in [1.29, 1.82) is 0 Å². The number of halogens is 1. The first-order chi connectivity index (χ1) is 18.3. The van der Waals surface area contributed by atoms with E-state index >= 15 is 0 Å². The van der Waals surface area contributed by atoms with Gasteiger partial charge in [0, 0.05) is 53.9 Å². The number of amides is 1. The highest BCUT2D eigenvalue weighted by molar-refractivity contribution is 5.93. The Morgan fingerprint density at radius 3 is 2.66 bits per heavy atom. The number of hydrogen-bond donors (Lipinski definition) is 3. The molecule has 192 valence electrons. The van der Waals surface area contributed by atoms with Crippen molar-refractivity contribution in [3.63, 3.8) is 0 Å². The normalized spacial score (nSPS) is 11.8. The van der Waals surface area contributed by atoms with Crippen molar-refractivity contribution in [3.8, 4) is 11.4 Å². The molecule has 0 spiro atoms. The molecule has 0 saturated carbocycles. The Labute approximate surface area is 217 Å². The SMILES string of the molecule is Cc1cc(Nc2cc(C)[nH]n2)nc(-c2cnc(C(=O)NC(C)c3ccc(Cn4cccn4)nc3)c(F)c2)n1. The molecule has 0 aliphatic carbocycles. The third-order valence-electron chi connectivity index (χ3n) is 5.71. The third-order valence-corrected chi connectivity index (χ3v) is 5.71. The molecular weight excluding hydrogens is 487 g/mol. The fourth-order valence-corrected chi connectivity index (χ4v) is 3.80. The molecule has 0 bridgehead atoms. The lowest BCUT2D eigenvalue weighted by molar-refractivity contribution is 0.0930. The van der Waals surface area contributed by atoms with E-state index in [0.29, 0.717) is 29.4 Å². The molecule has 11 nitrogen and oxygen atoms in total. The third kappa shape index (κ3) is 5.69. The molecule has 0 fully saturated rings. The monoisotopic (exact) mass is 512 g/mol. The van der Waals surface area contributed by atoms with Gasteiger partial charge in [0.25, 0.3) is 5.91 Å². The van der Waals surface area contributed by atoms with Crippen LogP contribution in [0.15, 0.2) is 61.2 Å². The minimum absolute atomic E-state index is 0.271. The van der Waals surface area contributed by atoms with Gasteiger partial charge in [0.15, 0.2) is 23.2 Å². The summed E-state index contributed by atoms with van der Waals surface area (Å²) in [4.78, 5) is 30.1. The standard InChI is InChI=1S/C26H25FN10O/c1-15-9-22(33-23-10-16(2)35-36-23)34-25(31-15)19-11-21(27)24(29-13-19)26(38)32-17(3)18-5-6-20(28-12-18)14-37-8-4-7-30-37/h4-13,17H,14H2,1-3H3,(H,32,38)(H2,31,33,34,35,36).